The first-order valence-corrected chi connectivity index (χ1v) is 2.69. The standard InChI is InChI=1S/C5H2N4O.BrH.H2O/c10-5-3-4(7-1-6-3)8-2-9-5;;/h1-2H;1H;1H2. The fourth-order valence-electron chi connectivity index (χ4n) is 0.735. The van der Waals surface area contributed by atoms with E-state index in [1.165, 1.54) is 12.7 Å². The Morgan fingerprint density at radius 2 is 2.08 bits per heavy atom. The van der Waals surface area contributed by atoms with Crippen molar-refractivity contribution in [2.24, 2.45) is 15.0 Å². The van der Waals surface area contributed by atoms with Gasteiger partial charge >= 0.3 is 11.7 Å². The normalized spacial score (nSPS) is 17.2. The second-order valence-electron chi connectivity index (χ2n) is 1.78. The minimum atomic E-state index is -0.248. The van der Waals surface area contributed by atoms with Crippen LogP contribution in [0.4, 0.5) is 0 Å². The molecule has 0 spiro atoms. The van der Waals surface area contributed by atoms with E-state index >= 15 is 0 Å². The Balaban J connectivity index is 0.000000605. The molecule has 2 rings (SSSR count). The lowest BCUT2D eigenvalue weighted by atomic mass is 10.3. The van der Waals surface area contributed by atoms with Gasteiger partial charge in [-0.05, 0) is 4.99 Å². The number of carbonyl (C=O) groups is 1. The molecule has 6 nitrogen and oxygen atoms in total. The van der Waals surface area contributed by atoms with Gasteiger partial charge in [-0.1, -0.05) is 0 Å². The number of hydrogen-bond donors (Lipinski definition) is 1. The quantitative estimate of drug-likeness (QED) is 0.442. The molecule has 7 heteroatoms. The number of nitrogens with one attached hydrogen (secondary N) is 1. The van der Waals surface area contributed by atoms with Crippen LogP contribution in [0.5, 0.6) is 0 Å². The molecule has 0 saturated carbocycles. The van der Waals surface area contributed by atoms with Crippen molar-refractivity contribution >= 4 is 30.1 Å². The van der Waals surface area contributed by atoms with Gasteiger partial charge in [0.1, 0.15) is 6.34 Å². The molecule has 64 valence electrons. The van der Waals surface area contributed by atoms with E-state index < -0.39 is 0 Å². The predicted molar refractivity (Wildman–Crippen MR) is 39.0 cm³/mol. The van der Waals surface area contributed by atoms with Crippen LogP contribution < -0.4 is 22.0 Å². The van der Waals surface area contributed by atoms with E-state index in [1.54, 1.807) is 0 Å². The van der Waals surface area contributed by atoms with Crippen LogP contribution in [0.3, 0.4) is 0 Å². The summed E-state index contributed by atoms with van der Waals surface area (Å²) in [5, 5.41) is 0. The third-order valence-corrected chi connectivity index (χ3v) is 1.18. The monoisotopic (exact) mass is 232 g/mol. The topological polar surface area (TPSA) is 99.6 Å². The van der Waals surface area contributed by atoms with E-state index in [9.17, 15) is 4.79 Å². The number of halogens is 1. The summed E-state index contributed by atoms with van der Waals surface area (Å²) in [4.78, 5) is 24.4. The van der Waals surface area contributed by atoms with Crippen LogP contribution in [0.15, 0.2) is 15.0 Å². The first-order chi connectivity index (χ1) is 4.88. The van der Waals surface area contributed by atoms with Crippen molar-refractivity contribution in [3.63, 3.8) is 0 Å². The Labute approximate surface area is 77.9 Å². The lowest BCUT2D eigenvalue weighted by Gasteiger charge is -1.89. The van der Waals surface area contributed by atoms with Crippen molar-refractivity contribution < 1.29 is 32.2 Å². The van der Waals surface area contributed by atoms with Gasteiger partial charge in [0.25, 0.3) is 6.34 Å². The predicted octanol–water partition coefficient (Wildman–Crippen LogP) is -6.30. The van der Waals surface area contributed by atoms with Crippen LogP contribution in [0.2, 0.25) is 0 Å². The van der Waals surface area contributed by atoms with Crippen molar-refractivity contribution in [1.82, 2.24) is 0 Å². The maximum atomic E-state index is 10.8. The first kappa shape index (κ1) is 10.8. The molecule has 0 bridgehead atoms. The van der Waals surface area contributed by atoms with E-state index in [0.717, 1.165) is 0 Å². The summed E-state index contributed by atoms with van der Waals surface area (Å²) < 4.78 is 0. The van der Waals surface area contributed by atoms with Crippen LogP contribution in [0, 0.1) is 0 Å². The van der Waals surface area contributed by atoms with Gasteiger partial charge < -0.3 is 22.5 Å². The molecule has 1 amide bonds. The molecule has 2 aliphatic rings. The zero-order valence-corrected chi connectivity index (χ0v) is 7.37. The summed E-state index contributed by atoms with van der Waals surface area (Å²) in [6.07, 6.45) is 2.62. The summed E-state index contributed by atoms with van der Waals surface area (Å²) in [5.41, 5.74) is 0.294. The Kier molecular flexibility index (Phi) is 3.58. The van der Waals surface area contributed by atoms with Crippen molar-refractivity contribution in [3.05, 3.63) is 0 Å². The molecule has 0 saturated heterocycles. The van der Waals surface area contributed by atoms with Gasteiger partial charge in [0, 0.05) is 0 Å². The SMILES string of the molecule is O.O=C1[NH+]=CN=C2N=CN=C12.[Br-]. The van der Waals surface area contributed by atoms with Crippen LogP contribution in [-0.2, 0) is 4.79 Å². The highest BCUT2D eigenvalue weighted by molar-refractivity contribution is 6.68. The van der Waals surface area contributed by atoms with Gasteiger partial charge in [-0.15, -0.1) is 0 Å². The van der Waals surface area contributed by atoms with Gasteiger partial charge in [0.15, 0.2) is 0 Å². The molecule has 0 unspecified atom stereocenters. The molecule has 0 aromatic heterocycles. The van der Waals surface area contributed by atoms with Gasteiger partial charge in [0.2, 0.25) is 5.71 Å². The lowest BCUT2D eigenvalue weighted by Crippen LogP contribution is -3.00. The van der Waals surface area contributed by atoms with Gasteiger partial charge in [-0.25, -0.2) is 14.8 Å². The van der Waals surface area contributed by atoms with E-state index in [1.807, 2.05) is 0 Å². The number of hydrogen-bond acceptors (Lipinski definition) is 4. The number of fused-ring (bicyclic) bond motifs is 1. The van der Waals surface area contributed by atoms with Crippen LogP contribution in [0.1, 0.15) is 0 Å². The van der Waals surface area contributed by atoms with Crippen molar-refractivity contribution in [3.8, 4) is 0 Å². The fraction of sp³-hybridized carbons (Fsp3) is 0. The van der Waals surface area contributed by atoms with Crippen molar-refractivity contribution in [2.75, 3.05) is 0 Å². The highest BCUT2D eigenvalue weighted by Crippen LogP contribution is 1.93. The Morgan fingerprint density at radius 3 is 2.75 bits per heavy atom. The summed E-state index contributed by atoms with van der Waals surface area (Å²) >= 11 is 0. The van der Waals surface area contributed by atoms with E-state index in [0.29, 0.717) is 11.5 Å². The molecule has 0 radical (unpaired) electrons. The van der Waals surface area contributed by atoms with E-state index in [2.05, 4.69) is 20.0 Å². The number of amides is 1. The first-order valence-electron chi connectivity index (χ1n) is 2.69. The van der Waals surface area contributed by atoms with Crippen LogP contribution in [-0.4, -0.2) is 35.6 Å². The fourth-order valence-corrected chi connectivity index (χ4v) is 0.735. The second kappa shape index (κ2) is 3.98. The van der Waals surface area contributed by atoms with Crippen LogP contribution in [0.25, 0.3) is 0 Å². The lowest BCUT2D eigenvalue weighted by molar-refractivity contribution is -0.363. The Bertz CT molecular complexity index is 311. The smallest absolute Gasteiger partial charge is 0.363 e. The second-order valence-corrected chi connectivity index (χ2v) is 1.78. The molecule has 2 heterocycles. The Hall–Kier alpha value is -1.21. The zero-order valence-electron chi connectivity index (χ0n) is 5.78. The molecule has 0 aromatic carbocycles. The highest BCUT2D eigenvalue weighted by atomic mass is 79.9. The third-order valence-electron chi connectivity index (χ3n) is 1.18. The molecule has 0 aliphatic carbocycles. The summed E-state index contributed by atoms with van der Waals surface area (Å²) in [5.74, 6) is 0.145. The summed E-state index contributed by atoms with van der Waals surface area (Å²) in [7, 11) is 0. The number of amidine groups is 1. The molecule has 0 atom stereocenters. The van der Waals surface area contributed by atoms with Crippen LogP contribution >= 0.6 is 0 Å². The molecule has 12 heavy (non-hydrogen) atoms. The maximum Gasteiger partial charge on any atom is 0.363 e. The number of carbonyl (C=O) groups excluding carboxylic acids is 1. The molecular formula is C5H5BrN4O2. The van der Waals surface area contributed by atoms with Gasteiger partial charge in [-0.3, -0.25) is 0 Å². The number of nitrogens with zero attached hydrogens (tertiary/aromatic N) is 3. The Morgan fingerprint density at radius 1 is 1.33 bits per heavy atom. The van der Waals surface area contributed by atoms with Gasteiger partial charge in [-0.2, -0.15) is 4.99 Å². The summed E-state index contributed by atoms with van der Waals surface area (Å²) in [6.45, 7) is 0. The van der Waals surface area contributed by atoms with Crippen molar-refractivity contribution in [1.29, 1.82) is 0 Å². The van der Waals surface area contributed by atoms with E-state index in [4.69, 9.17) is 0 Å². The largest absolute Gasteiger partial charge is 1.00 e. The van der Waals surface area contributed by atoms with Gasteiger partial charge in [0.05, 0.1) is 0 Å². The molecule has 0 aromatic rings. The van der Waals surface area contributed by atoms with Crippen molar-refractivity contribution in [2.45, 2.75) is 0 Å². The third kappa shape index (κ3) is 1.51. The zero-order chi connectivity index (χ0) is 6.97. The summed E-state index contributed by atoms with van der Waals surface area (Å²) in [6, 6.07) is 0. The molecule has 0 fully saturated rings. The average molecular weight is 233 g/mol. The number of rotatable bonds is 0. The molecular weight excluding hydrogens is 228 g/mol. The molecule has 3 N–H and O–H groups in total. The molecule has 2 aliphatic heterocycles. The minimum Gasteiger partial charge on any atom is -1.00 e. The average Bonchev–Trinajstić information content (AvgIpc) is 2.36. The maximum absolute atomic E-state index is 10.8. The minimum absolute atomic E-state index is 0. The highest BCUT2D eigenvalue weighted by Gasteiger charge is 2.28. The van der Waals surface area contributed by atoms with E-state index in [-0.39, 0.29) is 28.4 Å². The number of aliphatic imine (C=N–C) groups is 3.